The summed E-state index contributed by atoms with van der Waals surface area (Å²) >= 11 is 0. The summed E-state index contributed by atoms with van der Waals surface area (Å²) in [5, 5.41) is 10.0. The minimum absolute atomic E-state index is 1.13. The van der Waals surface area contributed by atoms with Crippen LogP contribution < -0.4 is 9.80 Å². The summed E-state index contributed by atoms with van der Waals surface area (Å²) in [6.45, 7) is 8.79. The van der Waals surface area contributed by atoms with Gasteiger partial charge in [-0.25, -0.2) is 0 Å². The summed E-state index contributed by atoms with van der Waals surface area (Å²) in [6, 6.07) is 85.7. The second-order valence-electron chi connectivity index (χ2n) is 20.3. The Labute approximate surface area is 429 Å². The number of aryl methyl sites for hydroxylation is 4. The quantitative estimate of drug-likeness (QED) is 0.151. The molecule has 0 unspecified atom stereocenters. The van der Waals surface area contributed by atoms with Crippen LogP contribution in [0.25, 0.3) is 98.4 Å². The van der Waals surface area contributed by atoms with Crippen LogP contribution in [0, 0.1) is 27.7 Å². The molecule has 4 heteroatoms. The number of hydrogen-bond donors (Lipinski definition) is 0. The molecule has 0 spiro atoms. The average molecular weight is 947 g/mol. The van der Waals surface area contributed by atoms with Gasteiger partial charge in [-0.05, 0) is 123 Å². The number of aromatic nitrogens is 2. The molecule has 0 saturated carbocycles. The van der Waals surface area contributed by atoms with Gasteiger partial charge in [-0.1, -0.05) is 169 Å². The van der Waals surface area contributed by atoms with Gasteiger partial charge in [0.15, 0.2) is 0 Å². The predicted octanol–water partition coefficient (Wildman–Crippen LogP) is 19.5. The maximum atomic E-state index is 2.61. The van der Waals surface area contributed by atoms with E-state index >= 15 is 0 Å². The van der Waals surface area contributed by atoms with Gasteiger partial charge in [0.2, 0.25) is 0 Å². The highest BCUT2D eigenvalue weighted by Gasteiger charge is 2.31. The molecule has 15 rings (SSSR count). The Balaban J connectivity index is 1.08. The van der Waals surface area contributed by atoms with E-state index in [0.29, 0.717) is 0 Å². The van der Waals surface area contributed by atoms with Crippen LogP contribution in [0.2, 0.25) is 0 Å². The van der Waals surface area contributed by atoms with Crippen molar-refractivity contribution in [3.8, 4) is 22.3 Å². The van der Waals surface area contributed by atoms with Crippen LogP contribution in [0.4, 0.5) is 34.1 Å². The molecule has 0 atom stereocenters. The lowest BCUT2D eigenvalue weighted by molar-refractivity contribution is 1.24. The normalized spacial score (nSPS) is 12.1. The largest absolute Gasteiger partial charge is 0.310 e. The number of hydrogen-bond acceptors (Lipinski definition) is 2. The summed E-state index contributed by atoms with van der Waals surface area (Å²) in [5.41, 5.74) is 24.1. The maximum Gasteiger partial charge on any atom is 0.0634 e. The van der Waals surface area contributed by atoms with Gasteiger partial charge < -0.3 is 18.6 Å². The molecule has 0 aliphatic heterocycles. The van der Waals surface area contributed by atoms with Crippen molar-refractivity contribution in [1.82, 2.24) is 8.80 Å². The summed E-state index contributed by atoms with van der Waals surface area (Å²) in [6.07, 6.45) is 0. The summed E-state index contributed by atoms with van der Waals surface area (Å²) in [4.78, 5) is 4.84. The Kier molecular flexibility index (Phi) is 9.19. The third kappa shape index (κ3) is 6.03. The van der Waals surface area contributed by atoms with Gasteiger partial charge in [0.25, 0.3) is 0 Å². The first-order valence-electron chi connectivity index (χ1n) is 25.8. The molecule has 4 aromatic heterocycles. The first-order valence-corrected chi connectivity index (χ1v) is 25.8. The van der Waals surface area contributed by atoms with Crippen molar-refractivity contribution in [2.24, 2.45) is 0 Å². The molecule has 4 nitrogen and oxygen atoms in total. The van der Waals surface area contributed by atoms with Gasteiger partial charge >= 0.3 is 0 Å². The van der Waals surface area contributed by atoms with Crippen molar-refractivity contribution in [3.63, 3.8) is 0 Å². The topological polar surface area (TPSA) is 15.3 Å². The first kappa shape index (κ1) is 42.3. The highest BCUT2D eigenvalue weighted by molar-refractivity contribution is 6.38. The molecule has 74 heavy (non-hydrogen) atoms. The Morgan fingerprint density at radius 3 is 1.05 bits per heavy atom. The van der Waals surface area contributed by atoms with E-state index in [9.17, 15) is 0 Å². The number of rotatable bonds is 8. The highest BCUT2D eigenvalue weighted by Crippen LogP contribution is 2.55. The molecule has 0 bridgehead atoms. The zero-order valence-electron chi connectivity index (χ0n) is 41.7. The lowest BCUT2D eigenvalue weighted by Crippen LogP contribution is -2.11. The summed E-state index contributed by atoms with van der Waals surface area (Å²) in [5.74, 6) is 0. The third-order valence-corrected chi connectivity index (χ3v) is 15.8. The molecule has 0 radical (unpaired) electrons. The molecule has 0 N–H and O–H groups in total. The molecule has 0 amide bonds. The fraction of sp³-hybridized carbons (Fsp3) is 0.0571. The van der Waals surface area contributed by atoms with Crippen LogP contribution in [-0.4, -0.2) is 8.80 Å². The van der Waals surface area contributed by atoms with Crippen molar-refractivity contribution in [2.75, 3.05) is 9.80 Å². The van der Waals surface area contributed by atoms with E-state index in [4.69, 9.17) is 0 Å². The van der Waals surface area contributed by atoms with Gasteiger partial charge in [0, 0.05) is 88.3 Å². The van der Waals surface area contributed by atoms with Crippen LogP contribution in [0.15, 0.2) is 231 Å². The number of fused-ring (bicyclic) bond motifs is 12. The predicted molar refractivity (Wildman–Crippen MR) is 315 cm³/mol. The zero-order valence-corrected chi connectivity index (χ0v) is 41.7. The molecule has 0 saturated heterocycles. The fourth-order valence-electron chi connectivity index (χ4n) is 12.8. The standard InChI is InChI=1S/C70H50N4/c1-43-31-35-59(45(3)39-43)71(49-23-13-7-14-24-49)51-33-37-61-57(41-51)53-27-17-29-55-65-64(48-21-11-6-12-22-48)70-66(63(47-19-9-5-10-20-47)69(65)73(61)67(53)55)56-30-18-28-54-58-42-52(34-38-62(58)74(70)68(54)56)72(50-25-15-8-16-26-50)60-36-32-44(2)40-46(60)4/h5-42H,1-4H3. The van der Waals surface area contributed by atoms with Crippen molar-refractivity contribution in [3.05, 3.63) is 253 Å². The van der Waals surface area contributed by atoms with E-state index in [1.165, 1.54) is 132 Å². The van der Waals surface area contributed by atoms with E-state index in [0.717, 1.165) is 22.7 Å². The Morgan fingerprint density at radius 2 is 0.662 bits per heavy atom. The van der Waals surface area contributed by atoms with Gasteiger partial charge in [0.1, 0.15) is 0 Å². The van der Waals surface area contributed by atoms with Crippen LogP contribution in [0.3, 0.4) is 0 Å². The van der Waals surface area contributed by atoms with Gasteiger partial charge in [-0.15, -0.1) is 0 Å². The SMILES string of the molecule is Cc1ccc(N(c2ccccc2)c2ccc3c(c2)c2cccc4c5c(-c6ccccc6)c6c(c(-c7ccccc7)c5n3c24)c2cccc3c4cc(N(c5ccccc5)c5ccc(C)cc5C)ccc4n6c32)c(C)c1. The molecular weight excluding hydrogens is 897 g/mol. The summed E-state index contributed by atoms with van der Waals surface area (Å²) < 4.78 is 5.23. The van der Waals surface area contributed by atoms with Crippen LogP contribution in [0.5, 0.6) is 0 Å². The van der Waals surface area contributed by atoms with E-state index in [1.807, 2.05) is 0 Å². The Morgan fingerprint density at radius 1 is 0.284 bits per heavy atom. The van der Waals surface area contributed by atoms with E-state index in [2.05, 4.69) is 277 Å². The molecule has 0 aliphatic carbocycles. The van der Waals surface area contributed by atoms with Crippen LogP contribution >= 0.6 is 0 Å². The molecule has 0 aliphatic rings. The van der Waals surface area contributed by atoms with Crippen LogP contribution in [-0.2, 0) is 0 Å². The van der Waals surface area contributed by atoms with E-state index in [-0.39, 0.29) is 0 Å². The minimum atomic E-state index is 1.13. The lowest BCUT2D eigenvalue weighted by Gasteiger charge is -2.27. The summed E-state index contributed by atoms with van der Waals surface area (Å²) in [7, 11) is 0. The number of nitrogens with zero attached hydrogens (tertiary/aromatic N) is 4. The monoisotopic (exact) mass is 946 g/mol. The van der Waals surface area contributed by atoms with Crippen molar-refractivity contribution in [2.45, 2.75) is 27.7 Å². The number of anilines is 6. The molecule has 0 fully saturated rings. The molecule has 4 heterocycles. The molecule has 350 valence electrons. The Hall–Kier alpha value is -9.38. The molecule has 15 aromatic rings. The van der Waals surface area contributed by atoms with Crippen molar-refractivity contribution in [1.29, 1.82) is 0 Å². The zero-order chi connectivity index (χ0) is 49.3. The maximum absolute atomic E-state index is 2.61. The van der Waals surface area contributed by atoms with E-state index in [1.54, 1.807) is 0 Å². The smallest absolute Gasteiger partial charge is 0.0634 e. The second-order valence-corrected chi connectivity index (χ2v) is 20.3. The Bertz CT molecular complexity index is 4380. The molecular formula is C70H50N4. The van der Waals surface area contributed by atoms with E-state index < -0.39 is 0 Å². The highest BCUT2D eigenvalue weighted by atomic mass is 15.2. The minimum Gasteiger partial charge on any atom is -0.310 e. The number of benzene rings is 11. The third-order valence-electron chi connectivity index (χ3n) is 15.8. The number of para-hydroxylation sites is 4. The fourth-order valence-corrected chi connectivity index (χ4v) is 12.8. The second kappa shape index (κ2) is 16.1. The van der Waals surface area contributed by atoms with Gasteiger partial charge in [0.05, 0.1) is 33.1 Å². The van der Waals surface area contributed by atoms with Gasteiger partial charge in [-0.3, -0.25) is 0 Å². The lowest BCUT2D eigenvalue weighted by atomic mass is 9.89. The van der Waals surface area contributed by atoms with Crippen molar-refractivity contribution >= 4 is 110 Å². The van der Waals surface area contributed by atoms with Crippen molar-refractivity contribution < 1.29 is 0 Å². The van der Waals surface area contributed by atoms with Crippen LogP contribution in [0.1, 0.15) is 22.3 Å². The van der Waals surface area contributed by atoms with Gasteiger partial charge in [-0.2, -0.15) is 0 Å². The first-order chi connectivity index (χ1) is 36.4. The molecule has 11 aromatic carbocycles. The average Bonchev–Trinajstić information content (AvgIpc) is 4.17.